The average Bonchev–Trinajstić information content (AvgIpc) is 2.75. The Morgan fingerprint density at radius 3 is 2.94 bits per heavy atom. The van der Waals surface area contributed by atoms with Crippen LogP contribution in [0.2, 0.25) is 0 Å². The fourth-order valence-corrected chi connectivity index (χ4v) is 1.34. The van der Waals surface area contributed by atoms with Crippen LogP contribution in [0.4, 0.5) is 10.1 Å². The lowest BCUT2D eigenvalue weighted by Gasteiger charge is -2.06. The Balaban J connectivity index is 2.53. The van der Waals surface area contributed by atoms with E-state index in [1.165, 1.54) is 12.1 Å². The Morgan fingerprint density at radius 1 is 1.50 bits per heavy atom. The molecule has 0 fully saturated rings. The molecule has 2 N–H and O–H groups in total. The van der Waals surface area contributed by atoms with Gasteiger partial charge in [0.25, 0.3) is 0 Å². The molecule has 1 aromatic carbocycles. The van der Waals surface area contributed by atoms with Gasteiger partial charge in [0, 0.05) is 5.69 Å². The molecule has 0 aliphatic heterocycles. The smallest absolute Gasteiger partial charge is 0.211 e. The van der Waals surface area contributed by atoms with Crippen LogP contribution in [-0.4, -0.2) is 27.0 Å². The summed E-state index contributed by atoms with van der Waals surface area (Å²) in [7, 11) is 0. The van der Waals surface area contributed by atoms with E-state index in [1.807, 2.05) is 0 Å². The Morgan fingerprint density at radius 2 is 2.31 bits per heavy atom. The summed E-state index contributed by atoms with van der Waals surface area (Å²) in [6.45, 7) is 1.69. The first-order valence-electron chi connectivity index (χ1n) is 4.46. The normalized spacial score (nSPS) is 10.1. The topological polar surface area (TPSA) is 83.6 Å². The minimum Gasteiger partial charge on any atom is -0.328 e. The van der Waals surface area contributed by atoms with Gasteiger partial charge in [-0.15, -0.1) is 10.2 Å². The van der Waals surface area contributed by atoms with E-state index in [0.29, 0.717) is 17.7 Å². The van der Waals surface area contributed by atoms with Gasteiger partial charge in [0.05, 0.1) is 5.56 Å². The summed E-state index contributed by atoms with van der Waals surface area (Å²) < 4.78 is 13.6. The summed E-state index contributed by atoms with van der Waals surface area (Å²) >= 11 is 0. The highest BCUT2D eigenvalue weighted by molar-refractivity contribution is 5.76. The first kappa shape index (κ1) is 10.2. The van der Waals surface area contributed by atoms with Crippen molar-refractivity contribution in [2.24, 2.45) is 0 Å². The van der Waals surface area contributed by atoms with Crippen molar-refractivity contribution in [1.29, 1.82) is 0 Å². The molecule has 0 radical (unpaired) electrons. The van der Waals surface area contributed by atoms with Crippen LogP contribution in [0.15, 0.2) is 12.1 Å². The maximum absolute atomic E-state index is 13.6. The van der Waals surface area contributed by atoms with Gasteiger partial charge >= 0.3 is 0 Å². The number of carbonyl (C=O) groups is 1. The molecule has 0 atom stereocenters. The molecule has 0 unspecified atom stereocenters. The predicted molar refractivity (Wildman–Crippen MR) is 54.0 cm³/mol. The SMILES string of the molecule is Cc1cc(F)c(-c2nn[nH]n2)cc1NC=O. The fourth-order valence-electron chi connectivity index (χ4n) is 1.34. The van der Waals surface area contributed by atoms with E-state index < -0.39 is 5.82 Å². The average molecular weight is 221 g/mol. The zero-order chi connectivity index (χ0) is 11.5. The number of aryl methyl sites for hydroxylation is 1. The minimum absolute atomic E-state index is 0.145. The van der Waals surface area contributed by atoms with Gasteiger partial charge in [-0.05, 0) is 29.8 Å². The predicted octanol–water partition coefficient (Wildman–Crippen LogP) is 0.883. The third-order valence-corrected chi connectivity index (χ3v) is 2.11. The number of anilines is 1. The molecule has 0 saturated carbocycles. The van der Waals surface area contributed by atoms with Crippen LogP contribution in [0.3, 0.4) is 0 Å². The van der Waals surface area contributed by atoms with Gasteiger partial charge in [0.1, 0.15) is 5.82 Å². The summed E-state index contributed by atoms with van der Waals surface area (Å²) in [4.78, 5) is 10.4. The van der Waals surface area contributed by atoms with Gasteiger partial charge in [0.2, 0.25) is 12.2 Å². The monoisotopic (exact) mass is 221 g/mol. The molecule has 2 rings (SSSR count). The molecule has 0 saturated heterocycles. The number of hydrogen-bond acceptors (Lipinski definition) is 4. The van der Waals surface area contributed by atoms with Gasteiger partial charge in [-0.25, -0.2) is 4.39 Å². The number of nitrogens with zero attached hydrogens (tertiary/aromatic N) is 3. The van der Waals surface area contributed by atoms with Crippen molar-refractivity contribution in [2.45, 2.75) is 6.92 Å². The molecule has 2 aromatic rings. The maximum Gasteiger partial charge on any atom is 0.211 e. The molecule has 1 heterocycles. The van der Waals surface area contributed by atoms with E-state index >= 15 is 0 Å². The van der Waals surface area contributed by atoms with Crippen LogP contribution in [0.25, 0.3) is 11.4 Å². The van der Waals surface area contributed by atoms with E-state index in [0.717, 1.165) is 0 Å². The van der Waals surface area contributed by atoms with Crippen molar-refractivity contribution in [2.75, 3.05) is 5.32 Å². The second-order valence-electron chi connectivity index (χ2n) is 3.14. The van der Waals surface area contributed by atoms with E-state index in [2.05, 4.69) is 25.9 Å². The molecule has 0 bridgehead atoms. The van der Waals surface area contributed by atoms with Gasteiger partial charge < -0.3 is 5.32 Å². The molecule has 16 heavy (non-hydrogen) atoms. The Kier molecular flexibility index (Phi) is 2.59. The maximum atomic E-state index is 13.6. The summed E-state index contributed by atoms with van der Waals surface area (Å²) in [5.41, 5.74) is 1.32. The van der Waals surface area contributed by atoms with Crippen LogP contribution in [-0.2, 0) is 4.79 Å². The van der Waals surface area contributed by atoms with Crippen LogP contribution in [0.5, 0.6) is 0 Å². The largest absolute Gasteiger partial charge is 0.328 e. The Labute approximate surface area is 89.9 Å². The Hall–Kier alpha value is -2.31. The molecule has 0 aliphatic rings. The van der Waals surface area contributed by atoms with E-state index in [-0.39, 0.29) is 11.4 Å². The van der Waals surface area contributed by atoms with Crippen molar-refractivity contribution >= 4 is 12.1 Å². The van der Waals surface area contributed by atoms with Crippen molar-refractivity contribution in [3.05, 3.63) is 23.5 Å². The highest BCUT2D eigenvalue weighted by atomic mass is 19.1. The molecule has 0 spiro atoms. The minimum atomic E-state index is -0.463. The summed E-state index contributed by atoms with van der Waals surface area (Å²) in [5.74, 6) is -0.318. The summed E-state index contributed by atoms with van der Waals surface area (Å²) in [6.07, 6.45) is 0.528. The summed E-state index contributed by atoms with van der Waals surface area (Å²) in [6, 6.07) is 2.77. The van der Waals surface area contributed by atoms with Crippen LogP contribution in [0.1, 0.15) is 5.56 Å². The van der Waals surface area contributed by atoms with Crippen molar-refractivity contribution < 1.29 is 9.18 Å². The van der Waals surface area contributed by atoms with Crippen molar-refractivity contribution in [3.63, 3.8) is 0 Å². The number of carbonyl (C=O) groups excluding carboxylic acids is 1. The summed E-state index contributed by atoms with van der Waals surface area (Å²) in [5, 5.41) is 15.4. The molecule has 0 aliphatic carbocycles. The number of aromatic nitrogens is 4. The number of rotatable bonds is 3. The number of amides is 1. The standard InChI is InChI=1S/C9H8FN5O/c1-5-2-7(10)6(3-8(5)11-4-16)9-12-14-15-13-9/h2-4H,1H3,(H,11,16)(H,12,13,14,15). The number of halogens is 1. The Bertz CT molecular complexity index is 511. The highest BCUT2D eigenvalue weighted by Gasteiger charge is 2.12. The quantitative estimate of drug-likeness (QED) is 0.753. The zero-order valence-corrected chi connectivity index (χ0v) is 8.36. The lowest BCUT2D eigenvalue weighted by molar-refractivity contribution is -0.105. The second-order valence-corrected chi connectivity index (χ2v) is 3.14. The van der Waals surface area contributed by atoms with E-state index in [4.69, 9.17) is 0 Å². The first-order chi connectivity index (χ1) is 7.72. The molecule has 1 aromatic heterocycles. The molecule has 1 amide bonds. The van der Waals surface area contributed by atoms with E-state index in [1.54, 1.807) is 6.92 Å². The second kappa shape index (κ2) is 4.05. The van der Waals surface area contributed by atoms with Gasteiger partial charge in [-0.3, -0.25) is 4.79 Å². The highest BCUT2D eigenvalue weighted by Crippen LogP contribution is 2.25. The third kappa shape index (κ3) is 1.74. The van der Waals surface area contributed by atoms with Crippen LogP contribution < -0.4 is 5.32 Å². The lowest BCUT2D eigenvalue weighted by atomic mass is 10.1. The van der Waals surface area contributed by atoms with Crippen LogP contribution >= 0.6 is 0 Å². The van der Waals surface area contributed by atoms with Gasteiger partial charge in [-0.1, -0.05) is 0 Å². The number of benzene rings is 1. The molecular formula is C9H8FN5O. The van der Waals surface area contributed by atoms with Crippen molar-refractivity contribution in [3.8, 4) is 11.4 Å². The number of tetrazole rings is 1. The molecule has 7 heteroatoms. The van der Waals surface area contributed by atoms with Gasteiger partial charge in [-0.2, -0.15) is 5.21 Å². The fraction of sp³-hybridized carbons (Fsp3) is 0.111. The number of H-pyrrole nitrogens is 1. The molecule has 6 nitrogen and oxygen atoms in total. The lowest BCUT2D eigenvalue weighted by Crippen LogP contribution is -1.99. The number of aromatic amines is 1. The van der Waals surface area contributed by atoms with Crippen molar-refractivity contribution in [1.82, 2.24) is 20.6 Å². The third-order valence-electron chi connectivity index (χ3n) is 2.11. The first-order valence-corrected chi connectivity index (χ1v) is 4.46. The zero-order valence-electron chi connectivity index (χ0n) is 8.36. The van der Waals surface area contributed by atoms with Gasteiger partial charge in [0.15, 0.2) is 0 Å². The number of nitrogens with one attached hydrogen (secondary N) is 2. The molecular weight excluding hydrogens is 213 g/mol. The molecule has 82 valence electrons. The number of hydrogen-bond donors (Lipinski definition) is 2. The van der Waals surface area contributed by atoms with E-state index in [9.17, 15) is 9.18 Å². The van der Waals surface area contributed by atoms with Crippen LogP contribution in [0, 0.1) is 12.7 Å².